The van der Waals surface area contributed by atoms with Gasteiger partial charge in [0, 0.05) is 17.3 Å². The van der Waals surface area contributed by atoms with Gasteiger partial charge in [0.05, 0.1) is 6.54 Å². The minimum atomic E-state index is -0.104. The maximum atomic E-state index is 11.9. The number of aromatic nitrogens is 3. The van der Waals surface area contributed by atoms with Gasteiger partial charge in [-0.2, -0.15) is 0 Å². The fourth-order valence-electron chi connectivity index (χ4n) is 1.34. The van der Waals surface area contributed by atoms with Crippen molar-refractivity contribution in [1.82, 2.24) is 14.5 Å². The Balaban J connectivity index is 2.36. The molecule has 2 aromatic heterocycles. The van der Waals surface area contributed by atoms with Gasteiger partial charge in [-0.25, -0.2) is 15.8 Å². The van der Waals surface area contributed by atoms with Gasteiger partial charge < -0.3 is 0 Å². The molecule has 0 spiro atoms. The number of nitrogen functional groups attached to an aromatic ring is 1. The van der Waals surface area contributed by atoms with Crippen LogP contribution in [0.1, 0.15) is 10.7 Å². The van der Waals surface area contributed by atoms with Crippen molar-refractivity contribution in [1.29, 1.82) is 0 Å². The van der Waals surface area contributed by atoms with Gasteiger partial charge in [-0.3, -0.25) is 14.8 Å². The molecule has 2 aromatic rings. The molecule has 0 aliphatic carbocycles. The normalized spacial score (nSPS) is 10.5. The largest absolute Gasteiger partial charge is 0.300 e. The number of aryl methyl sites for hydroxylation is 1. The van der Waals surface area contributed by atoms with Crippen molar-refractivity contribution in [3.63, 3.8) is 0 Å². The van der Waals surface area contributed by atoms with Crippen LogP contribution in [0.3, 0.4) is 0 Å². The maximum absolute atomic E-state index is 11.9. The molecule has 6 nitrogen and oxygen atoms in total. The van der Waals surface area contributed by atoms with E-state index in [2.05, 4.69) is 31.3 Å². The zero-order valence-corrected chi connectivity index (χ0v) is 11.4. The molecule has 17 heavy (non-hydrogen) atoms. The number of nitrogens with one attached hydrogen (secondary N) is 1. The zero-order chi connectivity index (χ0) is 12.4. The Morgan fingerprint density at radius 3 is 2.94 bits per heavy atom. The summed E-state index contributed by atoms with van der Waals surface area (Å²) in [5.74, 6) is 5.91. The van der Waals surface area contributed by atoms with Gasteiger partial charge >= 0.3 is 0 Å². The summed E-state index contributed by atoms with van der Waals surface area (Å²) in [6, 6.07) is 0. The van der Waals surface area contributed by atoms with Gasteiger partial charge in [-0.1, -0.05) is 11.3 Å². The second-order valence-corrected chi connectivity index (χ2v) is 5.29. The summed E-state index contributed by atoms with van der Waals surface area (Å²) in [5, 5.41) is 0.619. The fourth-order valence-corrected chi connectivity index (χ4v) is 2.37. The average Bonchev–Trinajstić information content (AvgIpc) is 2.77. The molecule has 0 aliphatic heterocycles. The van der Waals surface area contributed by atoms with Crippen LogP contribution in [0.4, 0.5) is 5.13 Å². The van der Waals surface area contributed by atoms with Gasteiger partial charge in [0.2, 0.25) is 0 Å². The minimum Gasteiger partial charge on any atom is -0.300 e. The van der Waals surface area contributed by atoms with E-state index < -0.39 is 0 Å². The summed E-state index contributed by atoms with van der Waals surface area (Å²) in [5.41, 5.74) is 2.37. The van der Waals surface area contributed by atoms with Crippen molar-refractivity contribution >= 4 is 32.4 Å². The molecule has 0 amide bonds. The van der Waals surface area contributed by atoms with E-state index in [1.807, 2.05) is 0 Å². The third-order valence-corrected chi connectivity index (χ3v) is 3.65. The smallest absolute Gasteiger partial charge is 0.268 e. The Morgan fingerprint density at radius 2 is 2.29 bits per heavy atom. The first-order chi connectivity index (χ1) is 8.11. The molecule has 2 heterocycles. The summed E-state index contributed by atoms with van der Waals surface area (Å²) in [4.78, 5) is 21.0. The quantitative estimate of drug-likeness (QED) is 0.654. The number of thiazole rings is 1. The molecule has 0 aliphatic rings. The first-order valence-corrected chi connectivity index (χ1v) is 6.36. The standard InChI is InChI=1S/C9H10BrN5OS/c1-5-12-3-7(10)8(16)15(5)4-6-2-13-9(14-11)17-6/h2-3H,4,11H2,1H3,(H,13,14). The molecule has 0 fully saturated rings. The van der Waals surface area contributed by atoms with Crippen LogP contribution in [0.2, 0.25) is 0 Å². The molecule has 0 radical (unpaired) electrons. The molecule has 8 heteroatoms. The topological polar surface area (TPSA) is 85.8 Å². The number of nitrogens with two attached hydrogens (primary N) is 1. The van der Waals surface area contributed by atoms with Crippen LogP contribution in [0.25, 0.3) is 0 Å². The second-order valence-electron chi connectivity index (χ2n) is 3.32. The average molecular weight is 316 g/mol. The Hall–Kier alpha value is -1.25. The van der Waals surface area contributed by atoms with Gasteiger partial charge in [-0.15, -0.1) is 0 Å². The van der Waals surface area contributed by atoms with Gasteiger partial charge in [-0.05, 0) is 22.9 Å². The van der Waals surface area contributed by atoms with Crippen LogP contribution >= 0.6 is 27.3 Å². The van der Waals surface area contributed by atoms with E-state index in [9.17, 15) is 4.79 Å². The van der Waals surface area contributed by atoms with Crippen molar-refractivity contribution in [2.45, 2.75) is 13.5 Å². The van der Waals surface area contributed by atoms with E-state index in [4.69, 9.17) is 5.84 Å². The number of rotatable bonds is 3. The van der Waals surface area contributed by atoms with Crippen LogP contribution in [-0.2, 0) is 6.54 Å². The molecule has 0 atom stereocenters. The number of anilines is 1. The van der Waals surface area contributed by atoms with E-state index in [1.165, 1.54) is 17.5 Å². The minimum absolute atomic E-state index is 0.104. The van der Waals surface area contributed by atoms with Crippen LogP contribution in [0, 0.1) is 6.92 Å². The lowest BCUT2D eigenvalue weighted by Crippen LogP contribution is -2.24. The van der Waals surface area contributed by atoms with E-state index >= 15 is 0 Å². The van der Waals surface area contributed by atoms with Crippen LogP contribution in [0.5, 0.6) is 0 Å². The molecule has 2 rings (SSSR count). The van der Waals surface area contributed by atoms with Gasteiger partial charge in [0.15, 0.2) is 5.13 Å². The monoisotopic (exact) mass is 315 g/mol. The maximum Gasteiger partial charge on any atom is 0.268 e. The highest BCUT2D eigenvalue weighted by atomic mass is 79.9. The Morgan fingerprint density at radius 1 is 1.53 bits per heavy atom. The molecular weight excluding hydrogens is 306 g/mol. The third-order valence-electron chi connectivity index (χ3n) is 2.20. The van der Waals surface area contributed by atoms with Crippen molar-refractivity contribution in [3.05, 3.63) is 37.9 Å². The number of nitrogens with zero attached hydrogens (tertiary/aromatic N) is 3. The van der Waals surface area contributed by atoms with Crippen LogP contribution < -0.4 is 16.8 Å². The molecular formula is C9H10BrN5OS. The molecule has 0 bridgehead atoms. The lowest BCUT2D eigenvalue weighted by molar-refractivity contribution is 0.702. The SMILES string of the molecule is Cc1ncc(Br)c(=O)n1Cc1cnc(NN)s1. The van der Waals surface area contributed by atoms with E-state index in [0.29, 0.717) is 22.0 Å². The Bertz CT molecular complexity index is 593. The Kier molecular flexibility index (Phi) is 3.55. The molecule has 0 aromatic carbocycles. The number of halogens is 1. The van der Waals surface area contributed by atoms with Crippen molar-refractivity contribution < 1.29 is 0 Å². The van der Waals surface area contributed by atoms with Crippen molar-refractivity contribution in [2.75, 3.05) is 5.43 Å². The predicted octanol–water partition coefficient (Wildman–Crippen LogP) is 1.10. The van der Waals surface area contributed by atoms with Gasteiger partial charge in [0.25, 0.3) is 5.56 Å². The molecule has 90 valence electrons. The van der Waals surface area contributed by atoms with Crippen molar-refractivity contribution in [2.24, 2.45) is 5.84 Å². The lowest BCUT2D eigenvalue weighted by atomic mass is 10.4. The lowest BCUT2D eigenvalue weighted by Gasteiger charge is -2.07. The highest BCUT2D eigenvalue weighted by Gasteiger charge is 2.08. The number of hydrogen-bond acceptors (Lipinski definition) is 6. The van der Waals surface area contributed by atoms with E-state index in [1.54, 1.807) is 17.7 Å². The summed E-state index contributed by atoms with van der Waals surface area (Å²) in [6.45, 7) is 2.23. The highest BCUT2D eigenvalue weighted by Crippen LogP contribution is 2.17. The molecule has 0 unspecified atom stereocenters. The van der Waals surface area contributed by atoms with Crippen molar-refractivity contribution in [3.8, 4) is 0 Å². The van der Waals surface area contributed by atoms with Crippen LogP contribution in [-0.4, -0.2) is 14.5 Å². The number of hydrogen-bond donors (Lipinski definition) is 2. The summed E-state index contributed by atoms with van der Waals surface area (Å²) in [6.07, 6.45) is 3.19. The Labute approximate surface area is 110 Å². The zero-order valence-electron chi connectivity index (χ0n) is 8.98. The first kappa shape index (κ1) is 12.2. The predicted molar refractivity (Wildman–Crippen MR) is 70.0 cm³/mol. The summed E-state index contributed by atoms with van der Waals surface area (Å²) in [7, 11) is 0. The third kappa shape index (κ3) is 2.54. The summed E-state index contributed by atoms with van der Waals surface area (Å²) >= 11 is 4.57. The van der Waals surface area contributed by atoms with Crippen LogP contribution in [0.15, 0.2) is 21.7 Å². The number of hydrazine groups is 1. The summed E-state index contributed by atoms with van der Waals surface area (Å²) < 4.78 is 2.03. The fraction of sp³-hybridized carbons (Fsp3) is 0.222. The van der Waals surface area contributed by atoms with E-state index in [-0.39, 0.29) is 5.56 Å². The highest BCUT2D eigenvalue weighted by molar-refractivity contribution is 9.10. The first-order valence-electron chi connectivity index (χ1n) is 4.75. The second kappa shape index (κ2) is 4.94. The molecule has 0 saturated heterocycles. The van der Waals surface area contributed by atoms with Gasteiger partial charge in [0.1, 0.15) is 10.3 Å². The van der Waals surface area contributed by atoms with E-state index in [0.717, 1.165) is 4.88 Å². The molecule has 0 saturated carbocycles. The molecule has 3 N–H and O–H groups in total.